The summed E-state index contributed by atoms with van der Waals surface area (Å²) in [6, 6.07) is 0. The van der Waals surface area contributed by atoms with Gasteiger partial charge in [-0.15, -0.1) is 0 Å². The normalized spacial score (nSPS) is 30.1. The minimum atomic E-state index is 0.265. The lowest BCUT2D eigenvalue weighted by Crippen LogP contribution is -2.38. The molecule has 2 aliphatic rings. The van der Waals surface area contributed by atoms with Gasteiger partial charge in [-0.1, -0.05) is 29.3 Å². The maximum absolute atomic E-state index is 12.0. The number of carbonyl (C=O) groups is 1. The van der Waals surface area contributed by atoms with Crippen molar-refractivity contribution < 1.29 is 4.79 Å². The summed E-state index contributed by atoms with van der Waals surface area (Å²) in [6.07, 6.45) is 4.96. The highest BCUT2D eigenvalue weighted by Crippen LogP contribution is 2.34. The van der Waals surface area contributed by atoms with Crippen LogP contribution in [0.15, 0.2) is 0 Å². The van der Waals surface area contributed by atoms with Crippen LogP contribution < -0.4 is 0 Å². The molecule has 14 heavy (non-hydrogen) atoms. The largest absolute Gasteiger partial charge is 0.341 e. The van der Waals surface area contributed by atoms with E-state index in [9.17, 15) is 4.79 Å². The van der Waals surface area contributed by atoms with E-state index in [2.05, 4.69) is 22.9 Å². The van der Waals surface area contributed by atoms with Gasteiger partial charge in [-0.3, -0.25) is 4.79 Å². The van der Waals surface area contributed by atoms with Crippen molar-refractivity contribution in [1.29, 1.82) is 0 Å². The molecule has 1 amide bonds. The first-order valence-corrected chi connectivity index (χ1v) is 6.53. The van der Waals surface area contributed by atoms with Crippen molar-refractivity contribution in [1.82, 2.24) is 4.90 Å². The van der Waals surface area contributed by atoms with Crippen LogP contribution in [0.5, 0.6) is 0 Å². The molecule has 80 valence electrons. The van der Waals surface area contributed by atoms with Gasteiger partial charge in [-0.25, -0.2) is 0 Å². The molecule has 2 unspecified atom stereocenters. The van der Waals surface area contributed by atoms with Crippen molar-refractivity contribution in [2.45, 2.75) is 37.4 Å². The van der Waals surface area contributed by atoms with E-state index in [1.54, 1.807) is 0 Å². The summed E-state index contributed by atoms with van der Waals surface area (Å²) in [7, 11) is 0. The van der Waals surface area contributed by atoms with E-state index in [0.29, 0.717) is 16.7 Å². The van der Waals surface area contributed by atoms with Gasteiger partial charge < -0.3 is 4.90 Å². The molecule has 2 fully saturated rings. The fourth-order valence-corrected chi connectivity index (χ4v) is 2.90. The molecule has 0 spiro atoms. The van der Waals surface area contributed by atoms with E-state index in [1.165, 1.54) is 19.3 Å². The minimum Gasteiger partial charge on any atom is -0.341 e. The Labute approximate surface area is 94.2 Å². The van der Waals surface area contributed by atoms with Gasteiger partial charge in [0.1, 0.15) is 0 Å². The zero-order valence-corrected chi connectivity index (χ0v) is 10.3. The van der Waals surface area contributed by atoms with Crippen molar-refractivity contribution in [3.8, 4) is 0 Å². The lowest BCUT2D eigenvalue weighted by atomic mass is 9.76. The first kappa shape index (κ1) is 10.5. The minimum absolute atomic E-state index is 0.265. The number of hydrogen-bond donors (Lipinski definition) is 0. The number of amides is 1. The van der Waals surface area contributed by atoms with Crippen LogP contribution in [0.4, 0.5) is 0 Å². The maximum atomic E-state index is 12.0. The van der Waals surface area contributed by atoms with Crippen LogP contribution in [-0.2, 0) is 4.79 Å². The highest BCUT2D eigenvalue weighted by atomic mass is 79.9. The Bertz CT molecular complexity index is 223. The van der Waals surface area contributed by atoms with Crippen LogP contribution in [0.3, 0.4) is 0 Å². The van der Waals surface area contributed by atoms with E-state index in [1.807, 2.05) is 4.90 Å². The molecule has 1 aliphatic heterocycles. The molecule has 1 aliphatic carbocycles. The van der Waals surface area contributed by atoms with Gasteiger partial charge in [0.2, 0.25) is 5.91 Å². The lowest BCUT2D eigenvalue weighted by molar-refractivity contribution is -0.136. The summed E-state index contributed by atoms with van der Waals surface area (Å²) in [5, 5.41) is 0. The predicted molar refractivity (Wildman–Crippen MR) is 60.4 cm³/mol. The zero-order chi connectivity index (χ0) is 10.1. The standard InChI is InChI=1S/C11H18BrNO/c1-8(9-3-2-4-9)11(14)13-6-5-10(12)7-13/h8-10H,2-7H2,1H3. The first-order chi connectivity index (χ1) is 6.68. The number of hydrogen-bond acceptors (Lipinski definition) is 1. The number of alkyl halides is 1. The quantitative estimate of drug-likeness (QED) is 0.698. The molecule has 1 saturated carbocycles. The molecule has 0 bridgehead atoms. The second kappa shape index (κ2) is 4.21. The first-order valence-electron chi connectivity index (χ1n) is 5.61. The van der Waals surface area contributed by atoms with Crippen LogP contribution in [0.1, 0.15) is 32.6 Å². The summed E-state index contributed by atoms with van der Waals surface area (Å²) >= 11 is 3.57. The molecule has 0 aromatic heterocycles. The summed E-state index contributed by atoms with van der Waals surface area (Å²) in [4.78, 5) is 14.6. The SMILES string of the molecule is CC(C(=O)N1CCC(Br)C1)C1CCC1. The predicted octanol–water partition coefficient (Wildman–Crippen LogP) is 2.42. The average molecular weight is 260 g/mol. The highest BCUT2D eigenvalue weighted by Gasteiger charge is 2.33. The number of carbonyl (C=O) groups excluding carboxylic acids is 1. The van der Waals surface area contributed by atoms with E-state index in [0.717, 1.165) is 19.5 Å². The van der Waals surface area contributed by atoms with E-state index in [-0.39, 0.29) is 5.92 Å². The fraction of sp³-hybridized carbons (Fsp3) is 0.909. The van der Waals surface area contributed by atoms with E-state index in [4.69, 9.17) is 0 Å². The van der Waals surface area contributed by atoms with E-state index >= 15 is 0 Å². The van der Waals surface area contributed by atoms with Gasteiger partial charge in [0.25, 0.3) is 0 Å². The number of rotatable bonds is 2. The van der Waals surface area contributed by atoms with Crippen LogP contribution in [0.25, 0.3) is 0 Å². The third kappa shape index (κ3) is 1.97. The Balaban J connectivity index is 1.87. The maximum Gasteiger partial charge on any atom is 0.225 e. The van der Waals surface area contributed by atoms with Crippen molar-refractivity contribution in [3.05, 3.63) is 0 Å². The second-order valence-electron chi connectivity index (χ2n) is 4.65. The van der Waals surface area contributed by atoms with E-state index < -0.39 is 0 Å². The molecule has 3 heteroatoms. The zero-order valence-electron chi connectivity index (χ0n) is 8.71. The molecule has 1 heterocycles. The van der Waals surface area contributed by atoms with Gasteiger partial charge in [-0.2, -0.15) is 0 Å². The van der Waals surface area contributed by atoms with Crippen molar-refractivity contribution in [3.63, 3.8) is 0 Å². The van der Waals surface area contributed by atoms with Crippen LogP contribution >= 0.6 is 15.9 Å². The van der Waals surface area contributed by atoms with Crippen molar-refractivity contribution >= 4 is 21.8 Å². The van der Waals surface area contributed by atoms with Crippen LogP contribution in [0, 0.1) is 11.8 Å². The molecule has 1 saturated heterocycles. The molecule has 2 nitrogen and oxygen atoms in total. The van der Waals surface area contributed by atoms with Crippen molar-refractivity contribution in [2.24, 2.45) is 11.8 Å². The third-order valence-electron chi connectivity index (χ3n) is 3.69. The number of nitrogens with zero attached hydrogens (tertiary/aromatic N) is 1. The summed E-state index contributed by atoms with van der Waals surface area (Å²) in [5.74, 6) is 1.33. The number of likely N-dealkylation sites (tertiary alicyclic amines) is 1. The number of halogens is 1. The monoisotopic (exact) mass is 259 g/mol. The Morgan fingerprint density at radius 1 is 1.43 bits per heavy atom. The Kier molecular flexibility index (Phi) is 3.15. The molecule has 0 radical (unpaired) electrons. The molecule has 0 aromatic rings. The molecule has 2 rings (SSSR count). The molecule has 0 aromatic carbocycles. The fourth-order valence-electron chi connectivity index (χ4n) is 2.35. The molecular weight excluding hydrogens is 242 g/mol. The second-order valence-corrected chi connectivity index (χ2v) is 5.94. The Morgan fingerprint density at radius 3 is 2.57 bits per heavy atom. The average Bonchev–Trinajstić information content (AvgIpc) is 2.47. The Hall–Kier alpha value is -0.0500. The van der Waals surface area contributed by atoms with Crippen molar-refractivity contribution in [2.75, 3.05) is 13.1 Å². The van der Waals surface area contributed by atoms with Gasteiger partial charge in [-0.05, 0) is 25.2 Å². The Morgan fingerprint density at radius 2 is 2.14 bits per heavy atom. The summed E-state index contributed by atoms with van der Waals surface area (Å²) in [5.41, 5.74) is 0. The van der Waals surface area contributed by atoms with Gasteiger partial charge in [0.05, 0.1) is 0 Å². The summed E-state index contributed by atoms with van der Waals surface area (Å²) < 4.78 is 0. The van der Waals surface area contributed by atoms with Crippen LogP contribution in [-0.4, -0.2) is 28.7 Å². The van der Waals surface area contributed by atoms with Gasteiger partial charge in [0.15, 0.2) is 0 Å². The summed E-state index contributed by atoms with van der Waals surface area (Å²) in [6.45, 7) is 3.97. The molecular formula is C11H18BrNO. The third-order valence-corrected chi connectivity index (χ3v) is 4.44. The lowest BCUT2D eigenvalue weighted by Gasteiger charge is -2.32. The van der Waals surface area contributed by atoms with Crippen LogP contribution in [0.2, 0.25) is 0 Å². The molecule has 0 N–H and O–H groups in total. The highest BCUT2D eigenvalue weighted by molar-refractivity contribution is 9.09. The van der Waals surface area contributed by atoms with Gasteiger partial charge in [0, 0.05) is 23.8 Å². The van der Waals surface area contributed by atoms with Gasteiger partial charge >= 0.3 is 0 Å². The topological polar surface area (TPSA) is 20.3 Å². The smallest absolute Gasteiger partial charge is 0.225 e. The molecule has 2 atom stereocenters.